The molecular formula is C18H17BrN2O2S. The van der Waals surface area contributed by atoms with Crippen molar-refractivity contribution in [2.45, 2.75) is 38.7 Å². The Labute approximate surface area is 153 Å². The first-order valence-corrected chi connectivity index (χ1v) is 9.32. The fourth-order valence-electron chi connectivity index (χ4n) is 2.71. The number of nitrogens with one attached hydrogen (secondary N) is 1. The van der Waals surface area contributed by atoms with Crippen LogP contribution in [-0.4, -0.2) is 11.5 Å². The van der Waals surface area contributed by atoms with E-state index in [1.807, 2.05) is 12.1 Å². The Balaban J connectivity index is 1.76. The van der Waals surface area contributed by atoms with Crippen molar-refractivity contribution in [3.05, 3.63) is 44.7 Å². The molecule has 4 nitrogen and oxygen atoms in total. The summed E-state index contributed by atoms with van der Waals surface area (Å²) in [6.45, 7) is 3.44. The molecular weight excluding hydrogens is 388 g/mol. The number of fused-ring (bicyclic) bond motifs is 1. The van der Waals surface area contributed by atoms with Crippen molar-refractivity contribution in [2.24, 2.45) is 0 Å². The number of nitriles is 1. The van der Waals surface area contributed by atoms with Crippen molar-refractivity contribution >= 4 is 38.2 Å². The zero-order valence-corrected chi connectivity index (χ0v) is 15.9. The second kappa shape index (κ2) is 6.58. The first-order chi connectivity index (χ1) is 11.4. The highest BCUT2D eigenvalue weighted by atomic mass is 79.9. The average Bonchev–Trinajstić information content (AvgIpc) is 3.09. The standard InChI is InChI=1S/C18H17BrN2O2S/c1-18(2,23-12-8-6-11(19)7-9-12)17(22)21-16-14(10-20)13-4-3-5-15(13)24-16/h6-9H,3-5H2,1-2H3,(H,21,22). The zero-order chi connectivity index (χ0) is 17.3. The van der Waals surface area contributed by atoms with Crippen LogP contribution >= 0.6 is 27.3 Å². The molecule has 0 aliphatic heterocycles. The van der Waals surface area contributed by atoms with Crippen molar-refractivity contribution in [1.82, 2.24) is 0 Å². The molecule has 1 aliphatic rings. The van der Waals surface area contributed by atoms with Crippen molar-refractivity contribution in [3.63, 3.8) is 0 Å². The van der Waals surface area contributed by atoms with Gasteiger partial charge in [0.2, 0.25) is 0 Å². The molecule has 1 amide bonds. The zero-order valence-electron chi connectivity index (χ0n) is 13.5. The average molecular weight is 405 g/mol. The Morgan fingerprint density at radius 3 is 2.71 bits per heavy atom. The lowest BCUT2D eigenvalue weighted by atomic mass is 10.1. The molecule has 1 aliphatic carbocycles. The molecule has 0 unspecified atom stereocenters. The van der Waals surface area contributed by atoms with Crippen LogP contribution in [0.1, 0.15) is 36.3 Å². The maximum Gasteiger partial charge on any atom is 0.268 e. The minimum absolute atomic E-state index is 0.262. The van der Waals surface area contributed by atoms with E-state index < -0.39 is 5.60 Å². The number of benzene rings is 1. The third-order valence-corrected chi connectivity index (χ3v) is 5.73. The summed E-state index contributed by atoms with van der Waals surface area (Å²) < 4.78 is 6.78. The van der Waals surface area contributed by atoms with Crippen LogP contribution < -0.4 is 10.1 Å². The van der Waals surface area contributed by atoms with Crippen LogP contribution in [0.4, 0.5) is 5.00 Å². The molecule has 3 rings (SSSR count). The minimum Gasteiger partial charge on any atom is -0.478 e. The van der Waals surface area contributed by atoms with Crippen LogP contribution in [0.5, 0.6) is 5.75 Å². The maximum absolute atomic E-state index is 12.7. The minimum atomic E-state index is -1.05. The van der Waals surface area contributed by atoms with Crippen LogP contribution in [0.15, 0.2) is 28.7 Å². The summed E-state index contributed by atoms with van der Waals surface area (Å²) in [4.78, 5) is 13.9. The molecule has 0 spiro atoms. The van der Waals surface area contributed by atoms with E-state index in [0.717, 1.165) is 29.3 Å². The van der Waals surface area contributed by atoms with Gasteiger partial charge in [-0.25, -0.2) is 0 Å². The number of carbonyl (C=O) groups is 1. The van der Waals surface area contributed by atoms with Crippen LogP contribution in [-0.2, 0) is 17.6 Å². The number of ether oxygens (including phenoxy) is 1. The molecule has 0 bridgehead atoms. The fraction of sp³-hybridized carbons (Fsp3) is 0.333. The van der Waals surface area contributed by atoms with Gasteiger partial charge in [0.25, 0.3) is 5.91 Å². The number of anilines is 1. The Hall–Kier alpha value is -1.84. The van der Waals surface area contributed by atoms with Gasteiger partial charge in [-0.05, 0) is 62.9 Å². The summed E-state index contributed by atoms with van der Waals surface area (Å²) in [7, 11) is 0. The molecule has 1 N–H and O–H groups in total. The summed E-state index contributed by atoms with van der Waals surface area (Å²) in [6.07, 6.45) is 3.00. The summed E-state index contributed by atoms with van der Waals surface area (Å²) in [5.74, 6) is 0.356. The molecule has 1 heterocycles. The normalized spacial score (nSPS) is 13.2. The fourth-order valence-corrected chi connectivity index (χ4v) is 4.21. The Morgan fingerprint density at radius 2 is 2.04 bits per heavy atom. The number of nitrogens with zero attached hydrogens (tertiary/aromatic N) is 1. The smallest absolute Gasteiger partial charge is 0.268 e. The Bertz CT molecular complexity index is 819. The lowest BCUT2D eigenvalue weighted by Gasteiger charge is -2.25. The SMILES string of the molecule is CC(C)(Oc1ccc(Br)cc1)C(=O)Nc1sc2c(c1C#N)CCC2. The Kier molecular flexibility index (Phi) is 4.66. The number of carbonyl (C=O) groups excluding carboxylic acids is 1. The van der Waals surface area contributed by atoms with Crippen molar-refractivity contribution in [1.29, 1.82) is 5.26 Å². The molecule has 0 saturated heterocycles. The van der Waals surface area contributed by atoms with E-state index in [9.17, 15) is 10.1 Å². The number of rotatable bonds is 4. The van der Waals surface area contributed by atoms with Crippen molar-refractivity contribution in [2.75, 3.05) is 5.32 Å². The van der Waals surface area contributed by atoms with Gasteiger partial charge in [0.15, 0.2) is 5.60 Å². The van der Waals surface area contributed by atoms with Gasteiger partial charge in [-0.15, -0.1) is 11.3 Å². The molecule has 1 aromatic heterocycles. The van der Waals surface area contributed by atoms with Crippen LogP contribution in [0.25, 0.3) is 0 Å². The van der Waals surface area contributed by atoms with Gasteiger partial charge in [0.1, 0.15) is 16.8 Å². The summed E-state index contributed by atoms with van der Waals surface area (Å²) >= 11 is 4.88. The second-order valence-electron chi connectivity index (χ2n) is 6.19. The van der Waals surface area contributed by atoms with Gasteiger partial charge in [-0.2, -0.15) is 5.26 Å². The van der Waals surface area contributed by atoms with E-state index in [-0.39, 0.29) is 5.91 Å². The molecule has 0 atom stereocenters. The van der Waals surface area contributed by atoms with Crippen LogP contribution in [0.3, 0.4) is 0 Å². The van der Waals surface area contributed by atoms with Gasteiger partial charge in [-0.1, -0.05) is 15.9 Å². The topological polar surface area (TPSA) is 62.1 Å². The number of thiophene rings is 1. The van der Waals surface area contributed by atoms with Crippen LogP contribution in [0, 0.1) is 11.3 Å². The van der Waals surface area contributed by atoms with Gasteiger partial charge in [-0.3, -0.25) is 4.79 Å². The number of amides is 1. The molecule has 0 radical (unpaired) electrons. The largest absolute Gasteiger partial charge is 0.478 e. The van der Waals surface area contributed by atoms with E-state index in [4.69, 9.17) is 4.74 Å². The number of hydrogen-bond acceptors (Lipinski definition) is 4. The molecule has 0 saturated carbocycles. The second-order valence-corrected chi connectivity index (χ2v) is 8.21. The van der Waals surface area contributed by atoms with E-state index >= 15 is 0 Å². The first-order valence-electron chi connectivity index (χ1n) is 7.71. The Morgan fingerprint density at radius 1 is 1.33 bits per heavy atom. The van der Waals surface area contributed by atoms with Crippen molar-refractivity contribution < 1.29 is 9.53 Å². The van der Waals surface area contributed by atoms with Gasteiger partial charge < -0.3 is 10.1 Å². The maximum atomic E-state index is 12.7. The number of aryl methyl sites for hydroxylation is 1. The molecule has 6 heteroatoms. The van der Waals surface area contributed by atoms with Gasteiger partial charge >= 0.3 is 0 Å². The molecule has 0 fully saturated rings. The number of halogens is 1. The highest BCUT2D eigenvalue weighted by molar-refractivity contribution is 9.10. The quantitative estimate of drug-likeness (QED) is 0.805. The lowest BCUT2D eigenvalue weighted by molar-refractivity contribution is -0.128. The monoisotopic (exact) mass is 404 g/mol. The summed E-state index contributed by atoms with van der Waals surface area (Å²) in [5.41, 5.74) is 0.666. The summed E-state index contributed by atoms with van der Waals surface area (Å²) in [5, 5.41) is 12.9. The molecule has 2 aromatic rings. The van der Waals surface area contributed by atoms with Gasteiger partial charge in [0, 0.05) is 9.35 Å². The van der Waals surface area contributed by atoms with E-state index in [1.54, 1.807) is 26.0 Å². The van der Waals surface area contributed by atoms with E-state index in [1.165, 1.54) is 16.2 Å². The highest BCUT2D eigenvalue weighted by Gasteiger charge is 2.32. The summed E-state index contributed by atoms with van der Waals surface area (Å²) in [6, 6.07) is 9.57. The van der Waals surface area contributed by atoms with E-state index in [2.05, 4.69) is 27.3 Å². The molecule has 124 valence electrons. The van der Waals surface area contributed by atoms with Gasteiger partial charge in [0.05, 0.1) is 5.56 Å². The predicted octanol–water partition coefficient (Wildman–Crippen LogP) is 4.67. The highest BCUT2D eigenvalue weighted by Crippen LogP contribution is 2.39. The van der Waals surface area contributed by atoms with E-state index in [0.29, 0.717) is 16.3 Å². The molecule has 24 heavy (non-hydrogen) atoms. The number of hydrogen-bond donors (Lipinski definition) is 1. The van der Waals surface area contributed by atoms with Crippen LogP contribution in [0.2, 0.25) is 0 Å². The lowest BCUT2D eigenvalue weighted by Crippen LogP contribution is -2.42. The predicted molar refractivity (Wildman–Crippen MR) is 98.5 cm³/mol. The third kappa shape index (κ3) is 3.33. The third-order valence-electron chi connectivity index (χ3n) is 3.99. The molecule has 1 aromatic carbocycles. The van der Waals surface area contributed by atoms with Crippen molar-refractivity contribution in [3.8, 4) is 11.8 Å². The first kappa shape index (κ1) is 17.0.